The predicted octanol–water partition coefficient (Wildman–Crippen LogP) is 2.00. The van der Waals surface area contributed by atoms with Crippen molar-refractivity contribution in [2.75, 3.05) is 13.7 Å². The van der Waals surface area contributed by atoms with Crippen molar-refractivity contribution in [3.63, 3.8) is 0 Å². The SMILES string of the molecule is COCc1ccccc1C1OCCC1C(=O)O. The molecule has 0 saturated carbocycles. The number of aliphatic carboxylic acids is 1. The Balaban J connectivity index is 2.29. The lowest BCUT2D eigenvalue weighted by atomic mass is 9.92. The van der Waals surface area contributed by atoms with Crippen LogP contribution in [0.15, 0.2) is 24.3 Å². The molecule has 0 spiro atoms. The highest BCUT2D eigenvalue weighted by Gasteiger charge is 2.36. The van der Waals surface area contributed by atoms with Crippen molar-refractivity contribution in [1.29, 1.82) is 0 Å². The van der Waals surface area contributed by atoms with Crippen LogP contribution in [0.25, 0.3) is 0 Å². The van der Waals surface area contributed by atoms with E-state index in [1.54, 1.807) is 7.11 Å². The van der Waals surface area contributed by atoms with Gasteiger partial charge >= 0.3 is 5.97 Å². The Kier molecular flexibility index (Phi) is 3.76. The topological polar surface area (TPSA) is 55.8 Å². The van der Waals surface area contributed by atoms with Crippen LogP contribution >= 0.6 is 0 Å². The van der Waals surface area contributed by atoms with Gasteiger partial charge in [0.25, 0.3) is 0 Å². The molecular weight excluding hydrogens is 220 g/mol. The Morgan fingerprint density at radius 3 is 3.00 bits per heavy atom. The molecule has 0 amide bonds. The van der Waals surface area contributed by atoms with Crippen LogP contribution in [0.2, 0.25) is 0 Å². The van der Waals surface area contributed by atoms with E-state index in [-0.39, 0.29) is 6.10 Å². The number of carbonyl (C=O) groups is 1. The van der Waals surface area contributed by atoms with Gasteiger partial charge < -0.3 is 14.6 Å². The van der Waals surface area contributed by atoms with Crippen molar-refractivity contribution in [2.45, 2.75) is 19.1 Å². The zero-order valence-corrected chi connectivity index (χ0v) is 9.76. The van der Waals surface area contributed by atoms with Gasteiger partial charge in [-0.05, 0) is 17.5 Å². The third-order valence-electron chi connectivity index (χ3n) is 3.07. The van der Waals surface area contributed by atoms with Gasteiger partial charge in [0.15, 0.2) is 0 Å². The Morgan fingerprint density at radius 1 is 1.53 bits per heavy atom. The van der Waals surface area contributed by atoms with Crippen LogP contribution in [0, 0.1) is 5.92 Å². The summed E-state index contributed by atoms with van der Waals surface area (Å²) < 4.78 is 10.7. The number of hydrogen-bond donors (Lipinski definition) is 1. The minimum Gasteiger partial charge on any atom is -0.481 e. The van der Waals surface area contributed by atoms with E-state index in [0.717, 1.165) is 11.1 Å². The molecule has 17 heavy (non-hydrogen) atoms. The fourth-order valence-electron chi connectivity index (χ4n) is 2.25. The Labute approximate surface area is 100 Å². The van der Waals surface area contributed by atoms with Crippen LogP contribution in [0.5, 0.6) is 0 Å². The standard InChI is InChI=1S/C13H16O4/c1-16-8-9-4-2-3-5-10(9)12-11(13(14)15)6-7-17-12/h2-5,11-12H,6-8H2,1H3,(H,14,15). The van der Waals surface area contributed by atoms with Gasteiger partial charge in [0.2, 0.25) is 0 Å². The minimum absolute atomic E-state index is 0.348. The second kappa shape index (κ2) is 5.29. The fourth-order valence-corrected chi connectivity index (χ4v) is 2.25. The number of benzene rings is 1. The van der Waals surface area contributed by atoms with Crippen molar-refractivity contribution in [3.05, 3.63) is 35.4 Å². The highest BCUT2D eigenvalue weighted by atomic mass is 16.5. The molecule has 0 aromatic heterocycles. The van der Waals surface area contributed by atoms with Crippen molar-refractivity contribution in [3.8, 4) is 0 Å². The fraction of sp³-hybridized carbons (Fsp3) is 0.462. The number of rotatable bonds is 4. The summed E-state index contributed by atoms with van der Waals surface area (Å²) in [5, 5.41) is 9.15. The monoisotopic (exact) mass is 236 g/mol. The Bertz CT molecular complexity index is 402. The minimum atomic E-state index is -0.792. The molecule has 0 bridgehead atoms. The Morgan fingerprint density at radius 2 is 2.29 bits per heavy atom. The van der Waals surface area contributed by atoms with Crippen LogP contribution < -0.4 is 0 Å². The van der Waals surface area contributed by atoms with Crippen molar-refractivity contribution < 1.29 is 19.4 Å². The molecule has 0 radical (unpaired) electrons. The van der Waals surface area contributed by atoms with Gasteiger partial charge in [0.1, 0.15) is 0 Å². The maximum atomic E-state index is 11.1. The molecule has 4 heteroatoms. The van der Waals surface area contributed by atoms with E-state index in [0.29, 0.717) is 19.6 Å². The number of carboxylic acids is 1. The van der Waals surface area contributed by atoms with Gasteiger partial charge in [0.05, 0.1) is 18.6 Å². The van der Waals surface area contributed by atoms with E-state index in [4.69, 9.17) is 14.6 Å². The number of hydrogen-bond acceptors (Lipinski definition) is 3. The molecule has 92 valence electrons. The van der Waals surface area contributed by atoms with Crippen LogP contribution in [-0.4, -0.2) is 24.8 Å². The number of carboxylic acid groups (broad SMARTS) is 1. The molecule has 2 rings (SSSR count). The van der Waals surface area contributed by atoms with Crippen LogP contribution in [0.4, 0.5) is 0 Å². The normalized spacial score (nSPS) is 23.8. The lowest BCUT2D eigenvalue weighted by molar-refractivity contribution is -0.143. The van der Waals surface area contributed by atoms with Crippen LogP contribution in [-0.2, 0) is 20.9 Å². The summed E-state index contributed by atoms with van der Waals surface area (Å²) in [6.45, 7) is 0.978. The summed E-state index contributed by atoms with van der Waals surface area (Å²) in [6, 6.07) is 7.68. The summed E-state index contributed by atoms with van der Waals surface area (Å²) in [5.74, 6) is -1.24. The van der Waals surface area contributed by atoms with E-state index in [9.17, 15) is 4.79 Å². The molecule has 2 unspecified atom stereocenters. The first-order valence-electron chi connectivity index (χ1n) is 5.65. The molecule has 1 N–H and O–H groups in total. The lowest BCUT2D eigenvalue weighted by Crippen LogP contribution is -2.18. The average molecular weight is 236 g/mol. The molecular formula is C13H16O4. The largest absolute Gasteiger partial charge is 0.481 e. The summed E-state index contributed by atoms with van der Waals surface area (Å²) in [7, 11) is 1.63. The predicted molar refractivity (Wildman–Crippen MR) is 61.6 cm³/mol. The molecule has 4 nitrogen and oxygen atoms in total. The van der Waals surface area contributed by atoms with E-state index in [1.807, 2.05) is 24.3 Å². The molecule has 1 aliphatic heterocycles. The second-order valence-corrected chi connectivity index (χ2v) is 4.16. The van der Waals surface area contributed by atoms with Crippen LogP contribution in [0.1, 0.15) is 23.7 Å². The van der Waals surface area contributed by atoms with Gasteiger partial charge in [-0.3, -0.25) is 4.79 Å². The first-order valence-corrected chi connectivity index (χ1v) is 5.65. The summed E-state index contributed by atoms with van der Waals surface area (Å²) >= 11 is 0. The maximum absolute atomic E-state index is 11.1. The Hall–Kier alpha value is -1.39. The molecule has 1 aliphatic rings. The average Bonchev–Trinajstić information content (AvgIpc) is 2.79. The smallest absolute Gasteiger partial charge is 0.309 e. The van der Waals surface area contributed by atoms with E-state index >= 15 is 0 Å². The molecule has 1 aromatic rings. The van der Waals surface area contributed by atoms with E-state index < -0.39 is 11.9 Å². The zero-order valence-electron chi connectivity index (χ0n) is 9.76. The van der Waals surface area contributed by atoms with Gasteiger partial charge in [0, 0.05) is 13.7 Å². The van der Waals surface area contributed by atoms with Crippen molar-refractivity contribution >= 4 is 5.97 Å². The van der Waals surface area contributed by atoms with Gasteiger partial charge in [-0.25, -0.2) is 0 Å². The van der Waals surface area contributed by atoms with E-state index in [2.05, 4.69) is 0 Å². The number of methoxy groups -OCH3 is 1. The molecule has 2 atom stereocenters. The van der Waals surface area contributed by atoms with Gasteiger partial charge in [-0.1, -0.05) is 24.3 Å². The quantitative estimate of drug-likeness (QED) is 0.868. The second-order valence-electron chi connectivity index (χ2n) is 4.16. The first kappa shape index (κ1) is 12.1. The first-order chi connectivity index (χ1) is 8.24. The van der Waals surface area contributed by atoms with Gasteiger partial charge in [-0.2, -0.15) is 0 Å². The highest BCUT2D eigenvalue weighted by molar-refractivity contribution is 5.71. The summed E-state index contributed by atoms with van der Waals surface area (Å²) in [4.78, 5) is 11.1. The molecule has 1 aromatic carbocycles. The molecule has 1 fully saturated rings. The van der Waals surface area contributed by atoms with Crippen LogP contribution in [0.3, 0.4) is 0 Å². The summed E-state index contributed by atoms with van der Waals surface area (Å²) in [5.41, 5.74) is 1.92. The molecule has 1 saturated heterocycles. The molecule has 1 heterocycles. The van der Waals surface area contributed by atoms with E-state index in [1.165, 1.54) is 0 Å². The van der Waals surface area contributed by atoms with Crippen molar-refractivity contribution in [2.24, 2.45) is 5.92 Å². The van der Waals surface area contributed by atoms with Gasteiger partial charge in [-0.15, -0.1) is 0 Å². The summed E-state index contributed by atoms with van der Waals surface area (Å²) in [6.07, 6.45) is 0.222. The molecule has 0 aliphatic carbocycles. The third-order valence-corrected chi connectivity index (χ3v) is 3.07. The third kappa shape index (κ3) is 2.48. The lowest BCUT2D eigenvalue weighted by Gasteiger charge is -2.18. The van der Waals surface area contributed by atoms with Crippen molar-refractivity contribution in [1.82, 2.24) is 0 Å². The maximum Gasteiger partial charge on any atom is 0.309 e. The zero-order chi connectivity index (χ0) is 12.3. The number of ether oxygens (including phenoxy) is 2. The highest BCUT2D eigenvalue weighted by Crippen LogP contribution is 2.36.